The molecule has 27 heavy (non-hydrogen) atoms. The van der Waals surface area contributed by atoms with Gasteiger partial charge in [-0.3, -0.25) is 14.4 Å². The summed E-state index contributed by atoms with van der Waals surface area (Å²) in [5.74, 6) is -1.07. The van der Waals surface area contributed by atoms with E-state index < -0.39 is 11.8 Å². The van der Waals surface area contributed by atoms with Gasteiger partial charge in [0.1, 0.15) is 0 Å². The standard InChI is InChI=1S/C20H13ClN2O3S/c1-11-13(8-9-27-11)18(24)22-12-6-7-17(16(21)10-12)23-19(25)14-4-2-3-5-15(14)20(23)26/h2-10H,1H3,(H,22,24). The maximum Gasteiger partial charge on any atom is 0.266 e. The number of anilines is 2. The number of imide groups is 1. The van der Waals surface area contributed by atoms with E-state index in [1.54, 1.807) is 42.5 Å². The maximum absolute atomic E-state index is 12.6. The van der Waals surface area contributed by atoms with Crippen molar-refractivity contribution in [3.8, 4) is 0 Å². The van der Waals surface area contributed by atoms with Gasteiger partial charge in [0, 0.05) is 10.6 Å². The van der Waals surface area contributed by atoms with E-state index in [0.717, 1.165) is 9.78 Å². The monoisotopic (exact) mass is 396 g/mol. The average molecular weight is 397 g/mol. The highest BCUT2D eigenvalue weighted by Gasteiger charge is 2.37. The number of nitrogens with one attached hydrogen (secondary N) is 1. The zero-order valence-corrected chi connectivity index (χ0v) is 15.7. The Kier molecular flexibility index (Phi) is 4.30. The predicted molar refractivity (Wildman–Crippen MR) is 106 cm³/mol. The molecular weight excluding hydrogens is 384 g/mol. The van der Waals surface area contributed by atoms with Crippen molar-refractivity contribution < 1.29 is 14.4 Å². The maximum atomic E-state index is 12.6. The van der Waals surface area contributed by atoms with Crippen LogP contribution in [-0.2, 0) is 0 Å². The van der Waals surface area contributed by atoms with E-state index in [0.29, 0.717) is 22.4 Å². The number of thiophene rings is 1. The van der Waals surface area contributed by atoms with E-state index in [1.165, 1.54) is 17.4 Å². The van der Waals surface area contributed by atoms with Crippen LogP contribution in [0.3, 0.4) is 0 Å². The van der Waals surface area contributed by atoms with Gasteiger partial charge in [-0.2, -0.15) is 0 Å². The molecule has 1 N–H and O–H groups in total. The lowest BCUT2D eigenvalue weighted by atomic mass is 10.1. The molecule has 1 aliphatic rings. The number of hydrogen-bond donors (Lipinski definition) is 1. The van der Waals surface area contributed by atoms with Crippen LogP contribution < -0.4 is 10.2 Å². The molecule has 5 nitrogen and oxygen atoms in total. The molecular formula is C20H13ClN2O3S. The zero-order chi connectivity index (χ0) is 19.1. The van der Waals surface area contributed by atoms with Gasteiger partial charge in [-0.25, -0.2) is 4.90 Å². The van der Waals surface area contributed by atoms with Crippen LogP contribution in [0.5, 0.6) is 0 Å². The molecule has 2 heterocycles. The largest absolute Gasteiger partial charge is 0.322 e. The van der Waals surface area contributed by atoms with E-state index in [4.69, 9.17) is 11.6 Å². The van der Waals surface area contributed by atoms with Gasteiger partial charge in [0.05, 0.1) is 27.4 Å². The Hall–Kier alpha value is -2.96. The fourth-order valence-corrected chi connectivity index (χ4v) is 3.95. The van der Waals surface area contributed by atoms with Gasteiger partial charge < -0.3 is 5.32 Å². The molecule has 0 fully saturated rings. The molecule has 0 spiro atoms. The van der Waals surface area contributed by atoms with Gasteiger partial charge in [-0.1, -0.05) is 23.7 Å². The summed E-state index contributed by atoms with van der Waals surface area (Å²) in [6, 6.07) is 13.1. The summed E-state index contributed by atoms with van der Waals surface area (Å²) in [5.41, 5.74) is 2.07. The second kappa shape index (κ2) is 6.64. The molecule has 0 bridgehead atoms. The zero-order valence-electron chi connectivity index (χ0n) is 14.2. The highest BCUT2D eigenvalue weighted by atomic mass is 35.5. The summed E-state index contributed by atoms with van der Waals surface area (Å²) in [6.45, 7) is 1.87. The molecule has 0 atom stereocenters. The smallest absolute Gasteiger partial charge is 0.266 e. The van der Waals surface area contributed by atoms with E-state index in [-0.39, 0.29) is 16.6 Å². The van der Waals surface area contributed by atoms with E-state index >= 15 is 0 Å². The van der Waals surface area contributed by atoms with Crippen molar-refractivity contribution in [3.63, 3.8) is 0 Å². The molecule has 3 amide bonds. The second-order valence-electron chi connectivity index (χ2n) is 6.00. The summed E-state index contributed by atoms with van der Waals surface area (Å²) >= 11 is 7.82. The first-order valence-electron chi connectivity index (χ1n) is 8.10. The van der Waals surface area contributed by atoms with Crippen molar-refractivity contribution >= 4 is 52.0 Å². The number of amides is 3. The van der Waals surface area contributed by atoms with Crippen LogP contribution in [0.2, 0.25) is 5.02 Å². The lowest BCUT2D eigenvalue weighted by molar-refractivity contribution is 0.0924. The van der Waals surface area contributed by atoms with Crippen molar-refractivity contribution in [2.45, 2.75) is 6.92 Å². The van der Waals surface area contributed by atoms with E-state index in [9.17, 15) is 14.4 Å². The molecule has 4 rings (SSSR count). The number of benzene rings is 2. The fraction of sp³-hybridized carbons (Fsp3) is 0.0500. The van der Waals surface area contributed by atoms with Gasteiger partial charge in [0.15, 0.2) is 0 Å². The van der Waals surface area contributed by atoms with Gasteiger partial charge in [-0.05, 0) is 48.7 Å². The lowest BCUT2D eigenvalue weighted by Crippen LogP contribution is -2.29. The summed E-state index contributed by atoms with van der Waals surface area (Å²) in [5, 5.41) is 4.83. The molecule has 0 radical (unpaired) electrons. The molecule has 0 aliphatic carbocycles. The van der Waals surface area contributed by atoms with Gasteiger partial charge in [0.25, 0.3) is 17.7 Å². The molecule has 3 aromatic rings. The fourth-order valence-electron chi connectivity index (χ4n) is 2.99. The van der Waals surface area contributed by atoms with Crippen LogP contribution in [0.4, 0.5) is 11.4 Å². The molecule has 0 saturated heterocycles. The minimum atomic E-state index is -0.414. The Balaban J connectivity index is 1.62. The number of fused-ring (bicyclic) bond motifs is 1. The van der Waals surface area contributed by atoms with Gasteiger partial charge in [0.2, 0.25) is 0 Å². The first-order chi connectivity index (χ1) is 13.0. The van der Waals surface area contributed by atoms with Crippen LogP contribution in [0.1, 0.15) is 36.0 Å². The molecule has 2 aromatic carbocycles. The van der Waals surface area contributed by atoms with E-state index in [2.05, 4.69) is 5.32 Å². The average Bonchev–Trinajstić information content (AvgIpc) is 3.18. The summed E-state index contributed by atoms with van der Waals surface area (Å²) < 4.78 is 0. The lowest BCUT2D eigenvalue weighted by Gasteiger charge is -2.16. The van der Waals surface area contributed by atoms with Crippen LogP contribution >= 0.6 is 22.9 Å². The first-order valence-corrected chi connectivity index (χ1v) is 9.36. The second-order valence-corrected chi connectivity index (χ2v) is 7.53. The molecule has 1 aromatic heterocycles. The third kappa shape index (κ3) is 2.93. The minimum absolute atomic E-state index is 0.198. The number of rotatable bonds is 3. The summed E-state index contributed by atoms with van der Waals surface area (Å²) in [4.78, 5) is 39.5. The Morgan fingerprint density at radius 1 is 1.04 bits per heavy atom. The normalized spacial score (nSPS) is 13.0. The predicted octanol–water partition coefficient (Wildman–Crippen LogP) is 4.76. The number of carbonyl (C=O) groups excluding carboxylic acids is 3. The van der Waals surface area contributed by atoms with Gasteiger partial charge >= 0.3 is 0 Å². The van der Waals surface area contributed by atoms with Crippen molar-refractivity contribution in [1.82, 2.24) is 0 Å². The van der Waals surface area contributed by atoms with Crippen molar-refractivity contribution in [1.29, 1.82) is 0 Å². The van der Waals surface area contributed by atoms with Crippen LogP contribution in [0, 0.1) is 6.92 Å². The Morgan fingerprint density at radius 2 is 1.70 bits per heavy atom. The highest BCUT2D eigenvalue weighted by molar-refractivity contribution is 7.10. The van der Waals surface area contributed by atoms with Crippen LogP contribution in [-0.4, -0.2) is 17.7 Å². The number of nitrogens with zero attached hydrogens (tertiary/aromatic N) is 1. The first kappa shape index (κ1) is 17.5. The minimum Gasteiger partial charge on any atom is -0.322 e. The van der Waals surface area contributed by atoms with Crippen molar-refractivity contribution in [2.75, 3.05) is 10.2 Å². The summed E-state index contributed by atoms with van der Waals surface area (Å²) in [7, 11) is 0. The molecule has 7 heteroatoms. The SMILES string of the molecule is Cc1sccc1C(=O)Nc1ccc(N2C(=O)c3ccccc3C2=O)c(Cl)c1. The summed E-state index contributed by atoms with van der Waals surface area (Å²) in [6.07, 6.45) is 0. The van der Waals surface area contributed by atoms with E-state index in [1.807, 2.05) is 12.3 Å². The van der Waals surface area contributed by atoms with Crippen LogP contribution in [0.25, 0.3) is 0 Å². The molecule has 0 unspecified atom stereocenters. The Bertz CT molecular complexity index is 1070. The molecule has 134 valence electrons. The number of carbonyl (C=O) groups is 3. The Labute approximate surface area is 164 Å². The Morgan fingerprint density at radius 3 is 2.26 bits per heavy atom. The number of hydrogen-bond acceptors (Lipinski definition) is 4. The van der Waals surface area contributed by atoms with Crippen molar-refractivity contribution in [3.05, 3.63) is 80.5 Å². The topological polar surface area (TPSA) is 66.5 Å². The van der Waals surface area contributed by atoms with Crippen molar-refractivity contribution in [2.24, 2.45) is 0 Å². The third-order valence-corrected chi connectivity index (χ3v) is 5.49. The highest BCUT2D eigenvalue weighted by Crippen LogP contribution is 2.35. The number of aryl methyl sites for hydroxylation is 1. The molecule has 1 aliphatic heterocycles. The quantitative estimate of drug-likeness (QED) is 0.649. The molecule has 0 saturated carbocycles. The van der Waals surface area contributed by atoms with Crippen LogP contribution in [0.15, 0.2) is 53.9 Å². The van der Waals surface area contributed by atoms with Gasteiger partial charge in [-0.15, -0.1) is 11.3 Å². The third-order valence-electron chi connectivity index (χ3n) is 4.34. The number of halogens is 1.